The summed E-state index contributed by atoms with van der Waals surface area (Å²) in [5, 5.41) is 5.89. The van der Waals surface area contributed by atoms with Gasteiger partial charge in [-0.1, -0.05) is 46.9 Å². The van der Waals surface area contributed by atoms with Crippen LogP contribution in [-0.2, 0) is 9.59 Å². The van der Waals surface area contributed by atoms with E-state index >= 15 is 0 Å². The van der Waals surface area contributed by atoms with Gasteiger partial charge in [-0.15, -0.1) is 0 Å². The van der Waals surface area contributed by atoms with Crippen molar-refractivity contribution in [3.8, 4) is 5.75 Å². The Balaban J connectivity index is 1.50. The molecule has 0 saturated heterocycles. The second-order valence-electron chi connectivity index (χ2n) is 7.12. The van der Waals surface area contributed by atoms with Gasteiger partial charge in [-0.2, -0.15) is 0 Å². The van der Waals surface area contributed by atoms with Crippen LogP contribution >= 0.6 is 34.8 Å². The number of hydrogen-bond donors (Lipinski definition) is 2. The van der Waals surface area contributed by atoms with Crippen LogP contribution in [0.25, 0.3) is 0 Å². The highest BCUT2D eigenvalue weighted by Gasteiger charge is 2.39. The molecule has 0 aliphatic carbocycles. The molecule has 0 atom stereocenters. The number of benzene rings is 3. The van der Waals surface area contributed by atoms with Crippen molar-refractivity contribution in [2.75, 3.05) is 22.6 Å². The maximum absolute atomic E-state index is 12.9. The summed E-state index contributed by atoms with van der Waals surface area (Å²) in [7, 11) is 1.52. The summed E-state index contributed by atoms with van der Waals surface area (Å²) in [6.45, 7) is 0. The smallest absolute Gasteiger partial charge is 0.283 e. The van der Waals surface area contributed by atoms with E-state index in [0.717, 1.165) is 4.90 Å². The molecule has 34 heavy (non-hydrogen) atoms. The average molecular weight is 517 g/mol. The van der Waals surface area contributed by atoms with Crippen LogP contribution in [-0.4, -0.2) is 24.8 Å². The maximum atomic E-state index is 12.9. The van der Waals surface area contributed by atoms with E-state index in [-0.39, 0.29) is 32.4 Å². The van der Waals surface area contributed by atoms with Crippen molar-refractivity contribution in [1.29, 1.82) is 0 Å². The third kappa shape index (κ3) is 4.72. The van der Waals surface area contributed by atoms with Gasteiger partial charge in [-0.05, 0) is 54.6 Å². The molecule has 3 aromatic rings. The molecule has 172 valence electrons. The monoisotopic (exact) mass is 515 g/mol. The van der Waals surface area contributed by atoms with Crippen molar-refractivity contribution >= 4 is 69.6 Å². The summed E-state index contributed by atoms with van der Waals surface area (Å²) in [5.74, 6) is -1.18. The SMILES string of the molecule is COc1ccccc1NC(=O)c1ccc(NC2=C(Cl)C(=O)N(c3cc(Cl)cc(Cl)c3)C2=O)cc1. The zero-order valence-corrected chi connectivity index (χ0v) is 19.8. The van der Waals surface area contributed by atoms with Gasteiger partial charge in [0.25, 0.3) is 17.7 Å². The second-order valence-corrected chi connectivity index (χ2v) is 8.37. The molecule has 1 aliphatic heterocycles. The number of amides is 3. The van der Waals surface area contributed by atoms with Crippen LogP contribution in [0.2, 0.25) is 10.0 Å². The minimum Gasteiger partial charge on any atom is -0.495 e. The van der Waals surface area contributed by atoms with E-state index in [0.29, 0.717) is 22.7 Å². The quantitative estimate of drug-likeness (QED) is 0.411. The molecule has 3 amide bonds. The molecule has 0 unspecified atom stereocenters. The number of nitrogens with zero attached hydrogens (tertiary/aromatic N) is 1. The van der Waals surface area contributed by atoms with Gasteiger partial charge in [0.15, 0.2) is 0 Å². The fraction of sp³-hybridized carbons (Fsp3) is 0.0417. The van der Waals surface area contributed by atoms with Crippen LogP contribution < -0.4 is 20.3 Å². The highest BCUT2D eigenvalue weighted by Crippen LogP contribution is 2.33. The number of ether oxygens (including phenoxy) is 1. The first-order valence-corrected chi connectivity index (χ1v) is 11.0. The van der Waals surface area contributed by atoms with E-state index in [1.54, 1.807) is 48.5 Å². The zero-order chi connectivity index (χ0) is 24.4. The van der Waals surface area contributed by atoms with E-state index in [1.807, 2.05) is 0 Å². The first-order valence-electron chi connectivity index (χ1n) is 9.84. The number of methoxy groups -OCH3 is 1. The van der Waals surface area contributed by atoms with Crippen LogP contribution in [0, 0.1) is 0 Å². The Morgan fingerprint density at radius 1 is 0.882 bits per heavy atom. The number of hydrogen-bond acceptors (Lipinski definition) is 5. The molecule has 0 spiro atoms. The number of nitrogens with one attached hydrogen (secondary N) is 2. The molecule has 1 aliphatic rings. The molecule has 10 heteroatoms. The summed E-state index contributed by atoms with van der Waals surface area (Å²) < 4.78 is 5.24. The van der Waals surface area contributed by atoms with Crippen molar-refractivity contribution in [2.45, 2.75) is 0 Å². The van der Waals surface area contributed by atoms with Crippen LogP contribution in [0.1, 0.15) is 10.4 Å². The van der Waals surface area contributed by atoms with Gasteiger partial charge in [-0.3, -0.25) is 14.4 Å². The third-order valence-corrected chi connectivity index (χ3v) is 5.69. The molecular formula is C24H16Cl3N3O4. The van der Waals surface area contributed by atoms with Crippen molar-refractivity contribution in [2.24, 2.45) is 0 Å². The molecule has 0 saturated carbocycles. The predicted octanol–water partition coefficient (Wildman–Crippen LogP) is 5.69. The molecule has 4 rings (SSSR count). The Hall–Kier alpha value is -3.52. The van der Waals surface area contributed by atoms with Gasteiger partial charge < -0.3 is 15.4 Å². The van der Waals surface area contributed by atoms with Gasteiger partial charge in [0.2, 0.25) is 0 Å². The van der Waals surface area contributed by atoms with Crippen molar-refractivity contribution in [3.63, 3.8) is 0 Å². The topological polar surface area (TPSA) is 87.7 Å². The van der Waals surface area contributed by atoms with Crippen molar-refractivity contribution in [1.82, 2.24) is 0 Å². The number of rotatable bonds is 6. The fourth-order valence-corrected chi connectivity index (χ4v) is 4.03. The minimum atomic E-state index is -0.708. The maximum Gasteiger partial charge on any atom is 0.283 e. The van der Waals surface area contributed by atoms with E-state index < -0.39 is 11.8 Å². The average Bonchev–Trinajstić information content (AvgIpc) is 3.02. The lowest BCUT2D eigenvalue weighted by Gasteiger charge is -2.16. The lowest BCUT2D eigenvalue weighted by Crippen LogP contribution is -2.32. The molecule has 7 nitrogen and oxygen atoms in total. The van der Waals surface area contributed by atoms with Crippen molar-refractivity contribution in [3.05, 3.63) is 93.1 Å². The second kappa shape index (κ2) is 9.77. The number of para-hydroxylation sites is 2. The lowest BCUT2D eigenvalue weighted by atomic mass is 10.1. The molecule has 0 radical (unpaired) electrons. The Kier molecular flexibility index (Phi) is 6.79. The van der Waals surface area contributed by atoms with Crippen LogP contribution in [0.15, 0.2) is 77.5 Å². The Bertz CT molecular complexity index is 1320. The largest absolute Gasteiger partial charge is 0.495 e. The standard InChI is InChI=1S/C24H16Cl3N3O4/c1-34-19-5-3-2-4-18(19)29-22(31)13-6-8-16(9-7-13)28-21-20(27)23(32)30(24(21)33)17-11-14(25)10-15(26)12-17/h2-12,28H,1H3,(H,29,31). The number of carbonyl (C=O) groups is 3. The normalized spacial score (nSPS) is 13.4. The van der Waals surface area contributed by atoms with Gasteiger partial charge in [0.1, 0.15) is 16.5 Å². The Morgan fingerprint density at radius 3 is 2.18 bits per heavy atom. The molecule has 0 bridgehead atoms. The Morgan fingerprint density at radius 2 is 1.53 bits per heavy atom. The van der Waals surface area contributed by atoms with Crippen LogP contribution in [0.5, 0.6) is 5.75 Å². The summed E-state index contributed by atoms with van der Waals surface area (Å²) in [5.41, 5.74) is 1.46. The van der Waals surface area contributed by atoms with E-state index in [1.165, 1.54) is 25.3 Å². The first-order chi connectivity index (χ1) is 16.3. The van der Waals surface area contributed by atoms with E-state index in [4.69, 9.17) is 39.5 Å². The Labute approximate surface area is 209 Å². The number of anilines is 3. The van der Waals surface area contributed by atoms with E-state index in [2.05, 4.69) is 10.6 Å². The zero-order valence-electron chi connectivity index (χ0n) is 17.6. The predicted molar refractivity (Wildman–Crippen MR) is 133 cm³/mol. The molecule has 2 N–H and O–H groups in total. The van der Waals surface area contributed by atoms with Gasteiger partial charge in [0.05, 0.1) is 18.5 Å². The molecule has 1 heterocycles. The summed E-state index contributed by atoms with van der Waals surface area (Å²) >= 11 is 18.2. The summed E-state index contributed by atoms with van der Waals surface area (Å²) in [6.07, 6.45) is 0. The molecule has 3 aromatic carbocycles. The lowest BCUT2D eigenvalue weighted by molar-refractivity contribution is -0.120. The fourth-order valence-electron chi connectivity index (χ4n) is 3.31. The van der Waals surface area contributed by atoms with Crippen LogP contribution in [0.4, 0.5) is 17.1 Å². The van der Waals surface area contributed by atoms with Gasteiger partial charge in [-0.25, -0.2) is 4.90 Å². The molecule has 0 aromatic heterocycles. The summed E-state index contributed by atoms with van der Waals surface area (Å²) in [6, 6.07) is 17.7. The number of imide groups is 1. The molecule has 0 fully saturated rings. The van der Waals surface area contributed by atoms with Gasteiger partial charge >= 0.3 is 0 Å². The highest BCUT2D eigenvalue weighted by molar-refractivity contribution is 6.53. The highest BCUT2D eigenvalue weighted by atomic mass is 35.5. The van der Waals surface area contributed by atoms with Gasteiger partial charge in [0, 0.05) is 21.3 Å². The van der Waals surface area contributed by atoms with Crippen LogP contribution in [0.3, 0.4) is 0 Å². The first kappa shape index (κ1) is 23.6. The summed E-state index contributed by atoms with van der Waals surface area (Å²) in [4.78, 5) is 39.0. The van der Waals surface area contributed by atoms with E-state index in [9.17, 15) is 14.4 Å². The van der Waals surface area contributed by atoms with Crippen molar-refractivity contribution < 1.29 is 19.1 Å². The molecular weight excluding hydrogens is 501 g/mol. The minimum absolute atomic E-state index is 0.103. The number of halogens is 3. The third-order valence-electron chi connectivity index (χ3n) is 4.90. The number of carbonyl (C=O) groups excluding carboxylic acids is 3.